The van der Waals surface area contributed by atoms with Crippen LogP contribution in [0.4, 0.5) is 5.69 Å². The van der Waals surface area contributed by atoms with Gasteiger partial charge in [-0.1, -0.05) is 19.9 Å². The Morgan fingerprint density at radius 2 is 1.86 bits per heavy atom. The molecular weight excluding hydrogens is 375 g/mol. The van der Waals surface area contributed by atoms with Crippen molar-refractivity contribution in [1.29, 1.82) is 0 Å². The van der Waals surface area contributed by atoms with Gasteiger partial charge in [-0.05, 0) is 56.6 Å². The van der Waals surface area contributed by atoms with Gasteiger partial charge in [0.25, 0.3) is 0 Å². The summed E-state index contributed by atoms with van der Waals surface area (Å²) >= 11 is 0. The average Bonchev–Trinajstić information content (AvgIpc) is 2.30. The number of nitrogens with zero attached hydrogens (tertiary/aromatic N) is 2. The van der Waals surface area contributed by atoms with Crippen molar-refractivity contribution in [3.8, 4) is 0 Å². The van der Waals surface area contributed by atoms with Gasteiger partial charge in [0.1, 0.15) is 0 Å². The monoisotopic (exact) mass is 404 g/mol. The number of hydrogen-bond donors (Lipinski definition) is 2. The highest BCUT2D eigenvalue weighted by atomic mass is 127. The molecule has 0 aliphatic carbocycles. The van der Waals surface area contributed by atoms with Gasteiger partial charge in [0.2, 0.25) is 0 Å². The van der Waals surface area contributed by atoms with Crippen molar-refractivity contribution in [1.82, 2.24) is 4.90 Å². The van der Waals surface area contributed by atoms with Gasteiger partial charge in [-0.15, -0.1) is 24.0 Å². The van der Waals surface area contributed by atoms with E-state index in [9.17, 15) is 0 Å². The van der Waals surface area contributed by atoms with E-state index in [1.807, 2.05) is 6.07 Å². The third kappa shape index (κ3) is 7.66. The highest BCUT2D eigenvalue weighted by molar-refractivity contribution is 14.0. The standard InChI is InChI=1S/C16H28N4.HI/c1-12-7-8-14(9-13(12)2)19-15(17)18-10-16(3,4)11-20(5)6;/h7-9H,10-11H2,1-6H3,(H3,17,18,19);1H. The van der Waals surface area contributed by atoms with Gasteiger partial charge in [0.05, 0.1) is 0 Å². The SMILES string of the molecule is Cc1ccc(NC(N)=NCC(C)(C)CN(C)C)cc1C.I. The number of aliphatic imine (C=N–C) groups is 1. The number of aryl methyl sites for hydroxylation is 2. The summed E-state index contributed by atoms with van der Waals surface area (Å²) in [5.41, 5.74) is 9.58. The van der Waals surface area contributed by atoms with Crippen LogP contribution in [0.3, 0.4) is 0 Å². The zero-order valence-electron chi connectivity index (χ0n) is 14.0. The zero-order chi connectivity index (χ0) is 15.3. The molecule has 0 aliphatic rings. The Kier molecular flexibility index (Phi) is 8.25. The highest BCUT2D eigenvalue weighted by Gasteiger charge is 2.18. The smallest absolute Gasteiger partial charge is 0.193 e. The Morgan fingerprint density at radius 3 is 2.38 bits per heavy atom. The van der Waals surface area contributed by atoms with Crippen molar-refractivity contribution in [3.05, 3.63) is 29.3 Å². The quantitative estimate of drug-likeness (QED) is 0.450. The summed E-state index contributed by atoms with van der Waals surface area (Å²) in [6.07, 6.45) is 0. The number of hydrogen-bond acceptors (Lipinski definition) is 2. The largest absolute Gasteiger partial charge is 0.370 e. The minimum atomic E-state index is 0. The molecule has 0 radical (unpaired) electrons. The average molecular weight is 404 g/mol. The van der Waals surface area contributed by atoms with Crippen LogP contribution in [-0.4, -0.2) is 38.0 Å². The molecule has 0 aliphatic heterocycles. The molecule has 0 unspecified atom stereocenters. The van der Waals surface area contributed by atoms with Crippen molar-refractivity contribution in [2.75, 3.05) is 32.5 Å². The Morgan fingerprint density at radius 1 is 1.24 bits per heavy atom. The van der Waals surface area contributed by atoms with E-state index in [4.69, 9.17) is 5.73 Å². The predicted molar refractivity (Wildman–Crippen MR) is 104 cm³/mol. The Balaban J connectivity index is 0.00000400. The molecule has 0 atom stereocenters. The van der Waals surface area contributed by atoms with Crippen LogP contribution in [0, 0.1) is 19.3 Å². The minimum absolute atomic E-state index is 0. The molecule has 0 aromatic heterocycles. The molecule has 1 rings (SSSR count). The van der Waals surface area contributed by atoms with E-state index in [0.717, 1.165) is 12.2 Å². The maximum atomic E-state index is 5.96. The molecule has 0 heterocycles. The summed E-state index contributed by atoms with van der Waals surface area (Å²) in [7, 11) is 4.14. The van der Waals surface area contributed by atoms with Gasteiger partial charge in [-0.25, -0.2) is 0 Å². The summed E-state index contributed by atoms with van der Waals surface area (Å²) in [4.78, 5) is 6.62. The third-order valence-electron chi connectivity index (χ3n) is 3.20. The number of benzene rings is 1. The lowest BCUT2D eigenvalue weighted by Crippen LogP contribution is -2.32. The highest BCUT2D eigenvalue weighted by Crippen LogP contribution is 2.17. The summed E-state index contributed by atoms with van der Waals surface area (Å²) in [5, 5.41) is 3.15. The second kappa shape index (κ2) is 8.58. The van der Waals surface area contributed by atoms with Gasteiger partial charge >= 0.3 is 0 Å². The third-order valence-corrected chi connectivity index (χ3v) is 3.20. The van der Waals surface area contributed by atoms with Crippen molar-refractivity contribution >= 4 is 35.6 Å². The fourth-order valence-corrected chi connectivity index (χ4v) is 2.21. The molecule has 0 bridgehead atoms. The first kappa shape index (κ1) is 20.2. The first-order chi connectivity index (χ1) is 9.19. The van der Waals surface area contributed by atoms with Crippen LogP contribution in [0.1, 0.15) is 25.0 Å². The number of nitrogens with two attached hydrogens (primary N) is 1. The minimum Gasteiger partial charge on any atom is -0.370 e. The van der Waals surface area contributed by atoms with Crippen LogP contribution >= 0.6 is 24.0 Å². The second-order valence-corrected chi connectivity index (χ2v) is 6.53. The second-order valence-electron chi connectivity index (χ2n) is 6.53. The van der Waals surface area contributed by atoms with Gasteiger partial charge in [0.15, 0.2) is 5.96 Å². The summed E-state index contributed by atoms with van der Waals surface area (Å²) in [6, 6.07) is 6.19. The molecule has 0 saturated carbocycles. The van der Waals surface area contributed by atoms with Crippen molar-refractivity contribution in [2.45, 2.75) is 27.7 Å². The normalized spacial score (nSPS) is 12.2. The Labute approximate surface area is 146 Å². The summed E-state index contributed by atoms with van der Waals surface area (Å²) in [5.74, 6) is 0.472. The van der Waals surface area contributed by atoms with Crippen LogP contribution in [0.25, 0.3) is 0 Å². The van der Waals surface area contributed by atoms with E-state index in [1.165, 1.54) is 11.1 Å². The number of guanidine groups is 1. The molecule has 1 aromatic carbocycles. The van der Waals surface area contributed by atoms with E-state index >= 15 is 0 Å². The van der Waals surface area contributed by atoms with Gasteiger partial charge < -0.3 is 16.0 Å². The first-order valence-electron chi connectivity index (χ1n) is 6.98. The summed E-state index contributed by atoms with van der Waals surface area (Å²) in [6.45, 7) is 10.3. The maximum absolute atomic E-state index is 5.96. The molecule has 120 valence electrons. The fourth-order valence-electron chi connectivity index (χ4n) is 2.21. The van der Waals surface area contributed by atoms with Crippen LogP contribution in [0.15, 0.2) is 23.2 Å². The van der Waals surface area contributed by atoms with E-state index in [-0.39, 0.29) is 29.4 Å². The lowest BCUT2D eigenvalue weighted by Gasteiger charge is -2.26. The molecule has 4 nitrogen and oxygen atoms in total. The number of nitrogens with one attached hydrogen (secondary N) is 1. The van der Waals surface area contributed by atoms with Crippen LogP contribution in [0.5, 0.6) is 0 Å². The van der Waals surface area contributed by atoms with E-state index in [0.29, 0.717) is 12.5 Å². The lowest BCUT2D eigenvalue weighted by atomic mass is 9.93. The van der Waals surface area contributed by atoms with Gasteiger partial charge in [-0.3, -0.25) is 4.99 Å². The predicted octanol–water partition coefficient (Wildman–Crippen LogP) is 3.24. The summed E-state index contributed by atoms with van der Waals surface area (Å²) < 4.78 is 0. The van der Waals surface area contributed by atoms with E-state index < -0.39 is 0 Å². The van der Waals surface area contributed by atoms with Crippen LogP contribution in [-0.2, 0) is 0 Å². The van der Waals surface area contributed by atoms with E-state index in [1.54, 1.807) is 0 Å². The number of halogens is 1. The molecule has 0 amide bonds. The van der Waals surface area contributed by atoms with Crippen molar-refractivity contribution in [3.63, 3.8) is 0 Å². The van der Waals surface area contributed by atoms with Crippen LogP contribution in [0.2, 0.25) is 0 Å². The molecular formula is C16H29IN4. The number of anilines is 1. The molecule has 1 aromatic rings. The maximum Gasteiger partial charge on any atom is 0.193 e. The van der Waals surface area contributed by atoms with Gasteiger partial charge in [0, 0.05) is 18.8 Å². The molecule has 0 saturated heterocycles. The first-order valence-corrected chi connectivity index (χ1v) is 6.98. The van der Waals surface area contributed by atoms with Crippen LogP contribution < -0.4 is 11.1 Å². The molecule has 3 N–H and O–H groups in total. The van der Waals surface area contributed by atoms with Gasteiger partial charge in [-0.2, -0.15) is 0 Å². The molecule has 5 heteroatoms. The zero-order valence-corrected chi connectivity index (χ0v) is 16.4. The van der Waals surface area contributed by atoms with Crippen molar-refractivity contribution in [2.24, 2.45) is 16.1 Å². The fraction of sp³-hybridized carbons (Fsp3) is 0.562. The van der Waals surface area contributed by atoms with Crippen molar-refractivity contribution < 1.29 is 0 Å². The molecule has 21 heavy (non-hydrogen) atoms. The molecule has 0 spiro atoms. The lowest BCUT2D eigenvalue weighted by molar-refractivity contribution is 0.249. The topological polar surface area (TPSA) is 53.6 Å². The number of rotatable bonds is 5. The Hall–Kier alpha value is -0.820. The molecule has 0 fully saturated rings. The van der Waals surface area contributed by atoms with E-state index in [2.05, 4.69) is 69.1 Å². The Bertz CT molecular complexity index is 481.